The summed E-state index contributed by atoms with van der Waals surface area (Å²) in [6.45, 7) is 1.87. The van der Waals surface area contributed by atoms with E-state index in [4.69, 9.17) is 4.18 Å². The summed E-state index contributed by atoms with van der Waals surface area (Å²) in [5.74, 6) is 0.415. The van der Waals surface area contributed by atoms with Gasteiger partial charge >= 0.3 is 0 Å². The Labute approximate surface area is 101 Å². The second-order valence-electron chi connectivity index (χ2n) is 4.50. The third-order valence-corrected chi connectivity index (χ3v) is 4.10. The van der Waals surface area contributed by atoms with Crippen molar-refractivity contribution in [1.29, 1.82) is 0 Å². The summed E-state index contributed by atoms with van der Waals surface area (Å²) < 4.78 is 28.3. The minimum absolute atomic E-state index is 0.0814. The summed E-state index contributed by atoms with van der Waals surface area (Å²) in [6, 6.07) is 6.36. The molecule has 0 radical (unpaired) electrons. The zero-order chi connectivity index (χ0) is 12.5. The van der Waals surface area contributed by atoms with Crippen LogP contribution in [0.15, 0.2) is 29.2 Å². The normalized spacial score (nSPS) is 18.0. The largest absolute Gasteiger partial charge is 0.367 e. The number of hydrogen-bond donors (Lipinski definition) is 1. The fourth-order valence-electron chi connectivity index (χ4n) is 1.58. The van der Waals surface area contributed by atoms with Crippen LogP contribution in [0.4, 0.5) is 0 Å². The molecule has 1 N–H and O–H groups in total. The van der Waals surface area contributed by atoms with Crippen molar-refractivity contribution in [2.45, 2.75) is 37.4 Å². The maximum Gasteiger partial charge on any atom is 0.299 e. The predicted octanol–water partition coefficient (Wildman–Crippen LogP) is 1.82. The molecule has 2 rings (SSSR count). The molecule has 1 aliphatic carbocycles. The van der Waals surface area contributed by atoms with Crippen molar-refractivity contribution in [3.05, 3.63) is 29.8 Å². The lowest BCUT2D eigenvalue weighted by atomic mass is 10.2. The van der Waals surface area contributed by atoms with Crippen molar-refractivity contribution in [2.75, 3.05) is 0 Å². The molecular weight excluding hydrogens is 240 g/mol. The van der Waals surface area contributed by atoms with Gasteiger partial charge in [0.2, 0.25) is 0 Å². The van der Waals surface area contributed by atoms with E-state index in [9.17, 15) is 13.5 Å². The van der Waals surface area contributed by atoms with Crippen LogP contribution < -0.4 is 0 Å². The van der Waals surface area contributed by atoms with Crippen molar-refractivity contribution >= 4 is 10.1 Å². The summed E-state index contributed by atoms with van der Waals surface area (Å²) in [5, 5.41) is 9.51. The second-order valence-corrected chi connectivity index (χ2v) is 6.07. The Morgan fingerprint density at radius 3 is 2.47 bits per heavy atom. The summed E-state index contributed by atoms with van der Waals surface area (Å²) >= 11 is 0. The van der Waals surface area contributed by atoms with Crippen LogP contribution in [0.1, 0.15) is 24.8 Å². The van der Waals surface area contributed by atoms with Gasteiger partial charge in [-0.05, 0) is 37.8 Å². The molecule has 0 bridgehead atoms. The molecule has 5 heteroatoms. The Bertz CT molecular complexity index is 474. The van der Waals surface area contributed by atoms with E-state index in [1.54, 1.807) is 12.1 Å². The highest BCUT2D eigenvalue weighted by Crippen LogP contribution is 2.34. The van der Waals surface area contributed by atoms with Gasteiger partial charge in [0.25, 0.3) is 10.1 Å². The fourth-order valence-corrected chi connectivity index (χ4v) is 2.54. The van der Waals surface area contributed by atoms with Crippen molar-refractivity contribution in [3.8, 4) is 0 Å². The Balaban J connectivity index is 2.04. The number of aliphatic hydroxyl groups is 1. The fraction of sp³-hybridized carbons (Fsp3) is 0.500. The highest BCUT2D eigenvalue weighted by atomic mass is 32.2. The molecule has 17 heavy (non-hydrogen) atoms. The van der Waals surface area contributed by atoms with Gasteiger partial charge in [0.05, 0.1) is 4.90 Å². The van der Waals surface area contributed by atoms with Gasteiger partial charge < -0.3 is 5.11 Å². The van der Waals surface area contributed by atoms with Crippen molar-refractivity contribution in [2.24, 2.45) is 5.92 Å². The van der Waals surface area contributed by atoms with E-state index in [1.165, 1.54) is 12.1 Å². The average molecular weight is 256 g/mol. The van der Waals surface area contributed by atoms with Crippen molar-refractivity contribution in [1.82, 2.24) is 0 Å². The molecule has 1 atom stereocenters. The van der Waals surface area contributed by atoms with E-state index in [-0.39, 0.29) is 4.90 Å². The van der Waals surface area contributed by atoms with E-state index < -0.39 is 16.4 Å². The lowest BCUT2D eigenvalue weighted by Gasteiger charge is -2.11. The monoisotopic (exact) mass is 256 g/mol. The number of hydrogen-bond acceptors (Lipinski definition) is 4. The maximum absolute atomic E-state index is 11.8. The highest BCUT2D eigenvalue weighted by Gasteiger charge is 2.28. The number of aryl methyl sites for hydroxylation is 1. The van der Waals surface area contributed by atoms with Crippen LogP contribution in [-0.2, 0) is 14.3 Å². The summed E-state index contributed by atoms with van der Waals surface area (Å²) in [4.78, 5) is 0.0814. The number of benzene rings is 1. The van der Waals surface area contributed by atoms with Crippen LogP contribution in [0.3, 0.4) is 0 Å². The van der Waals surface area contributed by atoms with E-state index in [2.05, 4.69) is 0 Å². The van der Waals surface area contributed by atoms with E-state index in [0.29, 0.717) is 12.3 Å². The first-order chi connectivity index (χ1) is 7.97. The van der Waals surface area contributed by atoms with E-state index in [0.717, 1.165) is 18.4 Å². The van der Waals surface area contributed by atoms with Crippen LogP contribution in [0.5, 0.6) is 0 Å². The quantitative estimate of drug-likeness (QED) is 0.644. The summed E-state index contributed by atoms with van der Waals surface area (Å²) in [6.07, 6.45) is 1.26. The molecule has 1 saturated carbocycles. The highest BCUT2D eigenvalue weighted by molar-refractivity contribution is 7.86. The first kappa shape index (κ1) is 12.5. The van der Waals surface area contributed by atoms with Crippen LogP contribution in [0.2, 0.25) is 0 Å². The van der Waals surface area contributed by atoms with Crippen LogP contribution >= 0.6 is 0 Å². The topological polar surface area (TPSA) is 63.6 Å². The maximum atomic E-state index is 11.8. The van der Waals surface area contributed by atoms with Gasteiger partial charge in [0, 0.05) is 6.42 Å². The Hall–Kier alpha value is -0.910. The smallest absolute Gasteiger partial charge is 0.299 e. The first-order valence-corrected chi connectivity index (χ1v) is 7.06. The molecular formula is C12H16O4S. The predicted molar refractivity (Wildman–Crippen MR) is 62.8 cm³/mol. The molecule has 94 valence electrons. The average Bonchev–Trinajstić information content (AvgIpc) is 3.01. The molecule has 0 aliphatic heterocycles. The molecule has 0 aromatic heterocycles. The zero-order valence-electron chi connectivity index (χ0n) is 9.67. The standard InChI is InChI=1S/C12H16O4S/c1-9-2-6-11(7-3-9)17(14,15)16-12(13)8-10-4-5-10/h2-3,6-7,10,12-13H,4-5,8H2,1H3. The number of rotatable bonds is 5. The number of aliphatic hydroxyl groups excluding tert-OH is 1. The lowest BCUT2D eigenvalue weighted by Crippen LogP contribution is -2.18. The van der Waals surface area contributed by atoms with Gasteiger partial charge in [-0.25, -0.2) is 4.18 Å². The SMILES string of the molecule is Cc1ccc(S(=O)(=O)OC(O)CC2CC2)cc1. The molecule has 1 aliphatic rings. The summed E-state index contributed by atoms with van der Waals surface area (Å²) in [7, 11) is -3.84. The van der Waals surface area contributed by atoms with Gasteiger partial charge in [0.1, 0.15) is 0 Å². The molecule has 4 nitrogen and oxygen atoms in total. The van der Waals surface area contributed by atoms with Gasteiger partial charge in [-0.3, -0.25) is 0 Å². The second kappa shape index (κ2) is 4.76. The molecule has 0 amide bonds. The molecule has 0 saturated heterocycles. The van der Waals surface area contributed by atoms with Crippen LogP contribution in [0.25, 0.3) is 0 Å². The third kappa shape index (κ3) is 3.52. The van der Waals surface area contributed by atoms with E-state index in [1.807, 2.05) is 6.92 Å². The minimum atomic E-state index is -3.84. The molecule has 1 fully saturated rings. The third-order valence-electron chi connectivity index (χ3n) is 2.78. The summed E-state index contributed by atoms with van der Waals surface area (Å²) in [5.41, 5.74) is 0.975. The van der Waals surface area contributed by atoms with Crippen molar-refractivity contribution in [3.63, 3.8) is 0 Å². The Morgan fingerprint density at radius 1 is 1.35 bits per heavy atom. The molecule has 0 heterocycles. The zero-order valence-corrected chi connectivity index (χ0v) is 10.5. The Morgan fingerprint density at radius 2 is 1.94 bits per heavy atom. The van der Waals surface area contributed by atoms with E-state index >= 15 is 0 Å². The van der Waals surface area contributed by atoms with Crippen LogP contribution in [0, 0.1) is 12.8 Å². The first-order valence-electron chi connectivity index (χ1n) is 5.65. The van der Waals surface area contributed by atoms with Crippen LogP contribution in [-0.4, -0.2) is 19.8 Å². The minimum Gasteiger partial charge on any atom is -0.367 e. The molecule has 1 aromatic carbocycles. The van der Waals surface area contributed by atoms with Gasteiger partial charge in [0.15, 0.2) is 6.29 Å². The lowest BCUT2D eigenvalue weighted by molar-refractivity contribution is -0.0216. The van der Waals surface area contributed by atoms with Crippen molar-refractivity contribution < 1.29 is 17.7 Å². The van der Waals surface area contributed by atoms with Gasteiger partial charge in [-0.2, -0.15) is 8.42 Å². The van der Waals surface area contributed by atoms with Gasteiger partial charge in [-0.1, -0.05) is 17.7 Å². The molecule has 0 spiro atoms. The molecule has 1 unspecified atom stereocenters. The Kier molecular flexibility index (Phi) is 3.51. The molecule has 1 aromatic rings. The van der Waals surface area contributed by atoms with Gasteiger partial charge in [-0.15, -0.1) is 0 Å².